The Morgan fingerprint density at radius 3 is 2.75 bits per heavy atom. The van der Waals surface area contributed by atoms with Gasteiger partial charge in [-0.2, -0.15) is 0 Å². The third kappa shape index (κ3) is 2.68. The van der Waals surface area contributed by atoms with Gasteiger partial charge in [-0.3, -0.25) is 4.79 Å². The molecule has 0 atom stereocenters. The van der Waals surface area contributed by atoms with Crippen molar-refractivity contribution in [3.05, 3.63) is 35.0 Å². The predicted molar refractivity (Wildman–Crippen MR) is 82.2 cm³/mol. The van der Waals surface area contributed by atoms with Gasteiger partial charge in [-0.15, -0.1) is 0 Å². The van der Waals surface area contributed by atoms with Gasteiger partial charge >= 0.3 is 0 Å². The average molecular weight is 291 g/mol. The van der Waals surface area contributed by atoms with Gasteiger partial charge in [0.15, 0.2) is 0 Å². The lowest BCUT2D eigenvalue weighted by molar-refractivity contribution is 0.0919. The summed E-state index contributed by atoms with van der Waals surface area (Å²) in [5.41, 5.74) is 1.42. The number of aromatic amines is 1. The van der Waals surface area contributed by atoms with Crippen molar-refractivity contribution in [2.45, 2.75) is 38.6 Å². The van der Waals surface area contributed by atoms with Crippen LogP contribution < -0.4 is 5.32 Å². The zero-order valence-electron chi connectivity index (χ0n) is 11.6. The molecule has 1 aliphatic carbocycles. The van der Waals surface area contributed by atoms with Crippen LogP contribution in [0, 0.1) is 5.92 Å². The van der Waals surface area contributed by atoms with Crippen molar-refractivity contribution in [2.75, 3.05) is 0 Å². The fourth-order valence-electron chi connectivity index (χ4n) is 2.91. The molecule has 1 amide bonds. The molecule has 1 aromatic carbocycles. The topological polar surface area (TPSA) is 44.9 Å². The highest BCUT2D eigenvalue weighted by Crippen LogP contribution is 2.25. The van der Waals surface area contributed by atoms with E-state index in [-0.39, 0.29) is 5.91 Å². The smallest absolute Gasteiger partial charge is 0.267 e. The Morgan fingerprint density at radius 1 is 1.30 bits per heavy atom. The zero-order chi connectivity index (χ0) is 14.1. The molecule has 0 saturated heterocycles. The lowest BCUT2D eigenvalue weighted by atomic mass is 9.87. The van der Waals surface area contributed by atoms with Crippen LogP contribution in [0.2, 0.25) is 5.02 Å². The fourth-order valence-corrected chi connectivity index (χ4v) is 3.14. The Labute approximate surface area is 123 Å². The normalized spacial score (nSPS) is 22.9. The molecule has 1 aliphatic rings. The van der Waals surface area contributed by atoms with E-state index >= 15 is 0 Å². The van der Waals surface area contributed by atoms with E-state index in [9.17, 15) is 4.79 Å². The molecule has 0 unspecified atom stereocenters. The first-order chi connectivity index (χ1) is 9.63. The van der Waals surface area contributed by atoms with Crippen LogP contribution in [0.4, 0.5) is 0 Å². The first-order valence-corrected chi connectivity index (χ1v) is 7.59. The van der Waals surface area contributed by atoms with Gasteiger partial charge in [-0.1, -0.05) is 30.7 Å². The highest BCUT2D eigenvalue weighted by molar-refractivity contribution is 6.35. The lowest BCUT2D eigenvalue weighted by Gasteiger charge is -2.26. The van der Waals surface area contributed by atoms with E-state index in [4.69, 9.17) is 11.6 Å². The van der Waals surface area contributed by atoms with Gasteiger partial charge in [0.05, 0.1) is 10.5 Å². The molecule has 1 fully saturated rings. The first kappa shape index (κ1) is 13.5. The molecule has 106 valence electrons. The van der Waals surface area contributed by atoms with Gasteiger partial charge in [0.2, 0.25) is 0 Å². The standard InChI is InChI=1S/C16H19ClN2O/c1-10-5-7-12(8-6-10)18-16(20)14-9-11-3-2-4-13(17)15(11)19-14/h2-4,9-10,12,19H,5-8H2,1H3,(H,18,20). The second-order valence-corrected chi connectivity index (χ2v) is 6.22. The Hall–Kier alpha value is -1.48. The number of nitrogens with one attached hydrogen (secondary N) is 2. The van der Waals surface area contributed by atoms with Crippen molar-refractivity contribution in [3.63, 3.8) is 0 Å². The molecule has 0 bridgehead atoms. The van der Waals surface area contributed by atoms with E-state index in [2.05, 4.69) is 17.2 Å². The van der Waals surface area contributed by atoms with Crippen LogP contribution in [-0.4, -0.2) is 16.9 Å². The zero-order valence-corrected chi connectivity index (χ0v) is 12.3. The van der Waals surface area contributed by atoms with Crippen molar-refractivity contribution in [1.29, 1.82) is 0 Å². The molecule has 1 heterocycles. The van der Waals surface area contributed by atoms with Crippen LogP contribution in [0.15, 0.2) is 24.3 Å². The van der Waals surface area contributed by atoms with Crippen LogP contribution in [-0.2, 0) is 0 Å². The van der Waals surface area contributed by atoms with Crippen LogP contribution >= 0.6 is 11.6 Å². The number of aromatic nitrogens is 1. The van der Waals surface area contributed by atoms with Crippen LogP contribution in [0.25, 0.3) is 10.9 Å². The molecule has 1 aromatic heterocycles. The van der Waals surface area contributed by atoms with Gasteiger partial charge in [-0.25, -0.2) is 0 Å². The number of hydrogen-bond donors (Lipinski definition) is 2. The summed E-state index contributed by atoms with van der Waals surface area (Å²) in [5.74, 6) is 0.756. The number of amides is 1. The van der Waals surface area contributed by atoms with E-state index in [0.29, 0.717) is 16.8 Å². The summed E-state index contributed by atoms with van der Waals surface area (Å²) in [5, 5.41) is 4.74. The Bertz CT molecular complexity index is 626. The summed E-state index contributed by atoms with van der Waals surface area (Å²) in [6.45, 7) is 2.28. The molecule has 0 aliphatic heterocycles. The Morgan fingerprint density at radius 2 is 2.05 bits per heavy atom. The largest absolute Gasteiger partial charge is 0.349 e. The second-order valence-electron chi connectivity index (χ2n) is 5.82. The summed E-state index contributed by atoms with van der Waals surface area (Å²) in [7, 11) is 0. The maximum absolute atomic E-state index is 12.3. The molecule has 2 N–H and O–H groups in total. The van der Waals surface area contributed by atoms with E-state index in [1.165, 1.54) is 12.8 Å². The van der Waals surface area contributed by atoms with Crippen molar-refractivity contribution in [2.24, 2.45) is 5.92 Å². The minimum absolute atomic E-state index is 0.0307. The minimum Gasteiger partial charge on any atom is -0.349 e. The second kappa shape index (κ2) is 5.49. The third-order valence-electron chi connectivity index (χ3n) is 4.20. The van der Waals surface area contributed by atoms with Crippen LogP contribution in [0.1, 0.15) is 43.1 Å². The Kier molecular flexibility index (Phi) is 3.70. The molecular formula is C16H19ClN2O. The van der Waals surface area contributed by atoms with E-state index in [1.807, 2.05) is 24.3 Å². The summed E-state index contributed by atoms with van der Waals surface area (Å²) < 4.78 is 0. The maximum Gasteiger partial charge on any atom is 0.267 e. The quantitative estimate of drug-likeness (QED) is 0.858. The molecule has 4 heteroatoms. The summed E-state index contributed by atoms with van der Waals surface area (Å²) in [6, 6.07) is 7.84. The van der Waals surface area contributed by atoms with Gasteiger partial charge in [0, 0.05) is 11.4 Å². The number of benzene rings is 1. The van der Waals surface area contributed by atoms with Crippen molar-refractivity contribution >= 4 is 28.4 Å². The van der Waals surface area contributed by atoms with Gasteiger partial charge in [0.25, 0.3) is 5.91 Å². The van der Waals surface area contributed by atoms with Crippen molar-refractivity contribution in [1.82, 2.24) is 10.3 Å². The maximum atomic E-state index is 12.3. The molecule has 3 rings (SSSR count). The third-order valence-corrected chi connectivity index (χ3v) is 4.52. The number of carbonyl (C=O) groups is 1. The lowest BCUT2D eigenvalue weighted by Crippen LogP contribution is -2.37. The fraction of sp³-hybridized carbons (Fsp3) is 0.438. The van der Waals surface area contributed by atoms with E-state index in [0.717, 1.165) is 29.7 Å². The molecule has 3 nitrogen and oxygen atoms in total. The highest BCUT2D eigenvalue weighted by atomic mass is 35.5. The average Bonchev–Trinajstić information content (AvgIpc) is 2.87. The molecule has 0 spiro atoms. The molecule has 1 saturated carbocycles. The summed E-state index contributed by atoms with van der Waals surface area (Å²) >= 11 is 6.12. The van der Waals surface area contributed by atoms with Crippen LogP contribution in [0.5, 0.6) is 0 Å². The number of H-pyrrole nitrogens is 1. The molecule has 2 aromatic rings. The summed E-state index contributed by atoms with van der Waals surface area (Å²) in [4.78, 5) is 15.4. The highest BCUT2D eigenvalue weighted by Gasteiger charge is 2.21. The Balaban J connectivity index is 1.74. The number of rotatable bonds is 2. The first-order valence-electron chi connectivity index (χ1n) is 7.21. The number of carbonyl (C=O) groups excluding carboxylic acids is 1. The van der Waals surface area contributed by atoms with Crippen molar-refractivity contribution in [3.8, 4) is 0 Å². The van der Waals surface area contributed by atoms with E-state index < -0.39 is 0 Å². The van der Waals surface area contributed by atoms with E-state index in [1.54, 1.807) is 0 Å². The van der Waals surface area contributed by atoms with Gasteiger partial charge in [-0.05, 0) is 43.7 Å². The molecule has 0 radical (unpaired) electrons. The number of para-hydroxylation sites is 1. The number of fused-ring (bicyclic) bond motifs is 1. The summed E-state index contributed by atoms with van der Waals surface area (Å²) in [6.07, 6.45) is 4.55. The molecule has 20 heavy (non-hydrogen) atoms. The number of hydrogen-bond acceptors (Lipinski definition) is 1. The monoisotopic (exact) mass is 290 g/mol. The molecular weight excluding hydrogens is 272 g/mol. The van der Waals surface area contributed by atoms with Crippen molar-refractivity contribution < 1.29 is 4.79 Å². The SMILES string of the molecule is CC1CCC(NC(=O)c2cc3cccc(Cl)c3[nH]2)CC1. The van der Waals surface area contributed by atoms with Crippen LogP contribution in [0.3, 0.4) is 0 Å². The van der Waals surface area contributed by atoms with Gasteiger partial charge in [0.1, 0.15) is 5.69 Å². The predicted octanol–water partition coefficient (Wildman–Crippen LogP) is 4.13. The minimum atomic E-state index is -0.0307. The van der Waals surface area contributed by atoms with Gasteiger partial charge < -0.3 is 10.3 Å². The number of halogens is 1.